The summed E-state index contributed by atoms with van der Waals surface area (Å²) in [6, 6.07) is 3.91. The van der Waals surface area contributed by atoms with E-state index >= 15 is 0 Å². The van der Waals surface area contributed by atoms with Gasteiger partial charge in [-0.05, 0) is 18.6 Å². The highest BCUT2D eigenvalue weighted by Crippen LogP contribution is 2.06. The van der Waals surface area contributed by atoms with Crippen molar-refractivity contribution < 1.29 is 17.5 Å². The fraction of sp³-hybridized carbons (Fsp3) is 0.444. The van der Waals surface area contributed by atoms with E-state index in [-0.39, 0.29) is 11.6 Å². The quantitative estimate of drug-likeness (QED) is 0.602. The number of sulfonamides is 1. The average molecular weight is 248 g/mol. The van der Waals surface area contributed by atoms with Crippen LogP contribution in [0.5, 0.6) is 0 Å². The van der Waals surface area contributed by atoms with Gasteiger partial charge in [0.15, 0.2) is 0 Å². The number of ether oxygens (including phenoxy) is 1. The first-order chi connectivity index (χ1) is 7.53. The Morgan fingerprint density at radius 2 is 2.25 bits per heavy atom. The molecule has 1 aromatic heterocycles. The molecule has 0 radical (unpaired) electrons. The minimum Gasteiger partial charge on any atom is -0.385 e. The molecule has 7 heteroatoms. The number of hydrogen-bond donors (Lipinski definition) is 1. The molecule has 16 heavy (non-hydrogen) atoms. The van der Waals surface area contributed by atoms with E-state index in [0.717, 1.165) is 6.07 Å². The molecular formula is C9H13FN2O3S. The van der Waals surface area contributed by atoms with Crippen molar-refractivity contribution in [2.24, 2.45) is 0 Å². The third-order valence-corrected chi connectivity index (χ3v) is 3.08. The summed E-state index contributed by atoms with van der Waals surface area (Å²) < 4.78 is 42.5. The van der Waals surface area contributed by atoms with Crippen molar-refractivity contribution in [3.63, 3.8) is 0 Å². The van der Waals surface area contributed by atoms with Crippen LogP contribution in [0, 0.1) is 5.95 Å². The van der Waals surface area contributed by atoms with Crippen LogP contribution < -0.4 is 4.72 Å². The van der Waals surface area contributed by atoms with Gasteiger partial charge in [0.1, 0.15) is 5.82 Å². The first kappa shape index (κ1) is 12.9. The molecule has 0 saturated carbocycles. The van der Waals surface area contributed by atoms with Crippen molar-refractivity contribution in [2.75, 3.05) is 24.2 Å². The molecule has 5 nitrogen and oxygen atoms in total. The maximum atomic E-state index is 12.7. The predicted molar refractivity (Wildman–Crippen MR) is 58.1 cm³/mol. The Kier molecular flexibility index (Phi) is 4.63. The maximum Gasteiger partial charge on any atom is 0.233 e. The van der Waals surface area contributed by atoms with E-state index in [0.29, 0.717) is 13.0 Å². The van der Waals surface area contributed by atoms with Crippen molar-refractivity contribution in [2.45, 2.75) is 6.42 Å². The predicted octanol–water partition coefficient (Wildman–Crippen LogP) is 0.999. The summed E-state index contributed by atoms with van der Waals surface area (Å²) in [7, 11) is -1.99. The molecule has 0 atom stereocenters. The zero-order valence-electron chi connectivity index (χ0n) is 8.81. The van der Waals surface area contributed by atoms with E-state index in [1.54, 1.807) is 0 Å². The molecule has 0 spiro atoms. The van der Waals surface area contributed by atoms with Crippen LogP contribution in [0.4, 0.5) is 10.2 Å². The average Bonchev–Trinajstić information content (AvgIpc) is 2.17. The molecule has 0 aliphatic heterocycles. The standard InChI is InChI=1S/C9H13FN2O3S/c1-15-6-3-7-16(13,14)12-9-5-2-4-8(10)11-9/h2,4-5H,3,6-7H2,1H3,(H,11,12). The number of aromatic nitrogens is 1. The molecular weight excluding hydrogens is 235 g/mol. The maximum absolute atomic E-state index is 12.7. The van der Waals surface area contributed by atoms with Gasteiger partial charge in [0.05, 0.1) is 5.75 Å². The normalized spacial score (nSPS) is 11.4. The van der Waals surface area contributed by atoms with Crippen LogP contribution in [0.1, 0.15) is 6.42 Å². The van der Waals surface area contributed by atoms with Crippen molar-refractivity contribution in [1.29, 1.82) is 0 Å². The summed E-state index contributed by atoms with van der Waals surface area (Å²) in [5.41, 5.74) is 0. The van der Waals surface area contributed by atoms with Gasteiger partial charge in [-0.3, -0.25) is 4.72 Å². The Hall–Kier alpha value is -1.21. The van der Waals surface area contributed by atoms with E-state index in [9.17, 15) is 12.8 Å². The van der Waals surface area contributed by atoms with Crippen LogP contribution in [0.3, 0.4) is 0 Å². The monoisotopic (exact) mass is 248 g/mol. The van der Waals surface area contributed by atoms with Crippen molar-refractivity contribution in [3.05, 3.63) is 24.1 Å². The molecule has 1 N–H and O–H groups in total. The zero-order chi connectivity index (χ0) is 12.0. The SMILES string of the molecule is COCCCS(=O)(=O)Nc1cccc(F)n1. The summed E-state index contributed by atoms with van der Waals surface area (Å²) in [4.78, 5) is 3.40. The minimum absolute atomic E-state index is 0.0163. The van der Waals surface area contributed by atoms with Crippen molar-refractivity contribution in [1.82, 2.24) is 4.98 Å². The van der Waals surface area contributed by atoms with E-state index in [2.05, 4.69) is 9.71 Å². The minimum atomic E-state index is -3.48. The molecule has 90 valence electrons. The van der Waals surface area contributed by atoms with Crippen LogP contribution in [-0.2, 0) is 14.8 Å². The summed E-state index contributed by atoms with van der Waals surface area (Å²) in [5.74, 6) is -0.825. The van der Waals surface area contributed by atoms with Gasteiger partial charge in [0.2, 0.25) is 16.0 Å². The van der Waals surface area contributed by atoms with Gasteiger partial charge in [-0.25, -0.2) is 13.4 Å². The van der Waals surface area contributed by atoms with Gasteiger partial charge in [-0.1, -0.05) is 6.07 Å². The summed E-state index contributed by atoms with van der Waals surface area (Å²) in [5, 5.41) is 0. The topological polar surface area (TPSA) is 68.3 Å². The summed E-state index contributed by atoms with van der Waals surface area (Å²) in [6.07, 6.45) is 0.376. The molecule has 1 heterocycles. The molecule has 0 bridgehead atoms. The fourth-order valence-corrected chi connectivity index (χ4v) is 2.10. The van der Waals surface area contributed by atoms with Gasteiger partial charge in [-0.2, -0.15) is 4.39 Å². The smallest absolute Gasteiger partial charge is 0.233 e. The Balaban J connectivity index is 2.59. The Morgan fingerprint density at radius 1 is 1.50 bits per heavy atom. The summed E-state index contributed by atoms with van der Waals surface area (Å²) >= 11 is 0. The highest BCUT2D eigenvalue weighted by Gasteiger charge is 2.10. The van der Waals surface area contributed by atoms with Gasteiger partial charge >= 0.3 is 0 Å². The highest BCUT2D eigenvalue weighted by atomic mass is 32.2. The zero-order valence-corrected chi connectivity index (χ0v) is 9.63. The van der Waals surface area contributed by atoms with E-state index in [4.69, 9.17) is 4.74 Å². The Labute approximate surface area is 93.7 Å². The first-order valence-corrected chi connectivity index (χ1v) is 6.31. The van der Waals surface area contributed by atoms with Crippen LogP contribution in [0.25, 0.3) is 0 Å². The lowest BCUT2D eigenvalue weighted by Gasteiger charge is -2.06. The van der Waals surface area contributed by atoms with Gasteiger partial charge in [0.25, 0.3) is 0 Å². The third kappa shape index (κ3) is 4.54. The lowest BCUT2D eigenvalue weighted by molar-refractivity contribution is 0.199. The number of nitrogens with one attached hydrogen (secondary N) is 1. The van der Waals surface area contributed by atoms with Crippen LogP contribution in [0.15, 0.2) is 18.2 Å². The molecule has 0 amide bonds. The third-order valence-electron chi connectivity index (χ3n) is 1.74. The van der Waals surface area contributed by atoms with Gasteiger partial charge in [0, 0.05) is 13.7 Å². The van der Waals surface area contributed by atoms with Crippen molar-refractivity contribution >= 4 is 15.8 Å². The number of pyridine rings is 1. The fourth-order valence-electron chi connectivity index (χ4n) is 1.07. The number of rotatable bonds is 6. The number of methoxy groups -OCH3 is 1. The number of anilines is 1. The molecule has 0 fully saturated rings. The number of hydrogen-bond acceptors (Lipinski definition) is 4. The van der Waals surface area contributed by atoms with E-state index < -0.39 is 16.0 Å². The Morgan fingerprint density at radius 3 is 2.88 bits per heavy atom. The van der Waals surface area contributed by atoms with Crippen LogP contribution in [-0.4, -0.2) is 32.9 Å². The van der Waals surface area contributed by atoms with Crippen LogP contribution >= 0.6 is 0 Å². The van der Waals surface area contributed by atoms with Gasteiger partial charge < -0.3 is 4.74 Å². The van der Waals surface area contributed by atoms with Crippen molar-refractivity contribution in [3.8, 4) is 0 Å². The molecule has 0 aromatic carbocycles. The number of halogens is 1. The van der Waals surface area contributed by atoms with Gasteiger partial charge in [-0.15, -0.1) is 0 Å². The lowest BCUT2D eigenvalue weighted by Crippen LogP contribution is -2.18. The second-order valence-electron chi connectivity index (χ2n) is 3.11. The lowest BCUT2D eigenvalue weighted by atomic mass is 10.5. The molecule has 0 aliphatic rings. The summed E-state index contributed by atoms with van der Waals surface area (Å²) in [6.45, 7) is 0.359. The Bertz CT molecular complexity index is 436. The highest BCUT2D eigenvalue weighted by molar-refractivity contribution is 7.92. The first-order valence-electron chi connectivity index (χ1n) is 4.65. The number of nitrogens with zero attached hydrogens (tertiary/aromatic N) is 1. The molecule has 0 aliphatic carbocycles. The second-order valence-corrected chi connectivity index (χ2v) is 4.95. The van der Waals surface area contributed by atoms with E-state index in [1.807, 2.05) is 0 Å². The molecule has 1 aromatic rings. The van der Waals surface area contributed by atoms with E-state index in [1.165, 1.54) is 19.2 Å². The second kappa shape index (κ2) is 5.76. The van der Waals surface area contributed by atoms with Crippen LogP contribution in [0.2, 0.25) is 0 Å². The largest absolute Gasteiger partial charge is 0.385 e. The molecule has 0 unspecified atom stereocenters. The molecule has 1 rings (SSSR count). The molecule has 0 saturated heterocycles.